The maximum absolute atomic E-state index is 11.9. The number of rotatable bonds is 4. The minimum Gasteiger partial charge on any atom is -0.345 e. The average molecular weight is 282 g/mol. The van der Waals surface area contributed by atoms with E-state index in [1.165, 1.54) is 70.6 Å². The molecule has 0 unspecified atom stereocenters. The summed E-state index contributed by atoms with van der Waals surface area (Å²) in [5.74, 6) is 0.221. The van der Waals surface area contributed by atoms with Crippen molar-refractivity contribution >= 4 is 5.91 Å². The highest BCUT2D eigenvalue weighted by Gasteiger charge is 2.12. The largest absolute Gasteiger partial charge is 0.345 e. The van der Waals surface area contributed by atoms with Gasteiger partial charge in [-0.05, 0) is 19.8 Å². The van der Waals surface area contributed by atoms with Crippen LogP contribution in [0, 0.1) is 0 Å². The molecule has 0 aromatic carbocycles. The van der Waals surface area contributed by atoms with Gasteiger partial charge in [0.25, 0.3) is 0 Å². The van der Waals surface area contributed by atoms with E-state index >= 15 is 0 Å². The van der Waals surface area contributed by atoms with Crippen LogP contribution in [0.4, 0.5) is 0 Å². The minimum atomic E-state index is 0.221. The van der Waals surface area contributed by atoms with Gasteiger partial charge in [0, 0.05) is 19.6 Å². The van der Waals surface area contributed by atoms with Crippen molar-refractivity contribution in [3.8, 4) is 0 Å². The molecule has 3 nitrogen and oxygen atoms in total. The highest BCUT2D eigenvalue weighted by molar-refractivity contribution is 5.77. The van der Waals surface area contributed by atoms with Crippen molar-refractivity contribution in [2.24, 2.45) is 0 Å². The van der Waals surface area contributed by atoms with Gasteiger partial charge in [0.05, 0.1) is 6.54 Å². The molecular weight excluding hydrogens is 248 g/mol. The molecule has 1 aliphatic rings. The van der Waals surface area contributed by atoms with Gasteiger partial charge in [-0.15, -0.1) is 0 Å². The fraction of sp³-hybridized carbons (Fsp3) is 0.941. The van der Waals surface area contributed by atoms with E-state index < -0.39 is 0 Å². The van der Waals surface area contributed by atoms with E-state index in [4.69, 9.17) is 0 Å². The number of nitrogens with one attached hydrogen (secondary N) is 1. The third kappa shape index (κ3) is 7.88. The van der Waals surface area contributed by atoms with Gasteiger partial charge in [-0.1, -0.05) is 57.8 Å². The van der Waals surface area contributed by atoms with Gasteiger partial charge in [0.15, 0.2) is 0 Å². The van der Waals surface area contributed by atoms with Crippen LogP contribution in [0.25, 0.3) is 0 Å². The molecule has 20 heavy (non-hydrogen) atoms. The molecule has 118 valence electrons. The van der Waals surface area contributed by atoms with Gasteiger partial charge in [0.2, 0.25) is 5.91 Å². The van der Waals surface area contributed by atoms with E-state index in [1.807, 2.05) is 14.0 Å². The topological polar surface area (TPSA) is 32.3 Å². The molecule has 0 atom stereocenters. The van der Waals surface area contributed by atoms with Gasteiger partial charge in [-0.3, -0.25) is 4.79 Å². The number of nitrogens with zero attached hydrogens (tertiary/aromatic N) is 1. The third-order valence-electron chi connectivity index (χ3n) is 4.55. The molecule has 3 heteroatoms. The Kier molecular flexibility index (Phi) is 9.73. The minimum absolute atomic E-state index is 0.221. The van der Waals surface area contributed by atoms with Crippen LogP contribution in [0.2, 0.25) is 0 Å². The van der Waals surface area contributed by atoms with E-state index in [-0.39, 0.29) is 5.91 Å². The summed E-state index contributed by atoms with van der Waals surface area (Å²) >= 11 is 0. The Morgan fingerprint density at radius 3 is 1.85 bits per heavy atom. The Hall–Kier alpha value is -0.570. The van der Waals surface area contributed by atoms with Crippen LogP contribution in [0.5, 0.6) is 0 Å². The van der Waals surface area contributed by atoms with E-state index in [9.17, 15) is 4.79 Å². The summed E-state index contributed by atoms with van der Waals surface area (Å²) in [6.07, 6.45) is 14.9. The lowest BCUT2D eigenvalue weighted by atomic mass is 9.98. The van der Waals surface area contributed by atoms with Crippen LogP contribution in [-0.2, 0) is 4.79 Å². The summed E-state index contributed by atoms with van der Waals surface area (Å²) in [7, 11) is 1.88. The zero-order valence-corrected chi connectivity index (χ0v) is 13.6. The fourth-order valence-electron chi connectivity index (χ4n) is 2.91. The number of carbonyl (C=O) groups is 1. The number of hydrogen-bond donors (Lipinski definition) is 1. The van der Waals surface area contributed by atoms with Crippen molar-refractivity contribution < 1.29 is 4.79 Å². The van der Waals surface area contributed by atoms with E-state index in [1.54, 1.807) is 4.90 Å². The quantitative estimate of drug-likeness (QED) is 0.852. The number of hydrogen-bond acceptors (Lipinski definition) is 2. The second-order valence-corrected chi connectivity index (χ2v) is 6.25. The third-order valence-corrected chi connectivity index (χ3v) is 4.55. The molecule has 1 N–H and O–H groups in total. The first kappa shape index (κ1) is 17.5. The van der Waals surface area contributed by atoms with Crippen molar-refractivity contribution in [3.63, 3.8) is 0 Å². The smallest absolute Gasteiger partial charge is 0.236 e. The van der Waals surface area contributed by atoms with E-state index in [0.29, 0.717) is 12.6 Å². The van der Waals surface area contributed by atoms with Crippen molar-refractivity contribution in [3.05, 3.63) is 0 Å². The summed E-state index contributed by atoms with van der Waals surface area (Å²) in [5.41, 5.74) is 0. The Bertz CT molecular complexity index is 243. The maximum atomic E-state index is 11.9. The maximum Gasteiger partial charge on any atom is 0.236 e. The molecular formula is C17H34N2O. The lowest BCUT2D eigenvalue weighted by Gasteiger charge is -2.21. The summed E-state index contributed by atoms with van der Waals surface area (Å²) in [5, 5.41) is 3.50. The Balaban J connectivity index is 2.29. The molecule has 1 aliphatic carbocycles. The summed E-state index contributed by atoms with van der Waals surface area (Å²) in [6, 6.07) is 0.545. The van der Waals surface area contributed by atoms with Gasteiger partial charge in [-0.25, -0.2) is 0 Å². The molecule has 0 aromatic heterocycles. The lowest BCUT2D eigenvalue weighted by Crippen LogP contribution is -2.40. The Morgan fingerprint density at radius 2 is 1.40 bits per heavy atom. The molecule has 1 fully saturated rings. The van der Waals surface area contributed by atoms with Crippen molar-refractivity contribution in [2.75, 3.05) is 20.1 Å². The van der Waals surface area contributed by atoms with Crippen LogP contribution >= 0.6 is 0 Å². The second-order valence-electron chi connectivity index (χ2n) is 6.25. The molecule has 1 amide bonds. The Morgan fingerprint density at radius 1 is 0.950 bits per heavy atom. The summed E-state index contributed by atoms with van der Waals surface area (Å²) < 4.78 is 0. The predicted molar refractivity (Wildman–Crippen MR) is 85.9 cm³/mol. The van der Waals surface area contributed by atoms with E-state index in [0.717, 1.165) is 6.54 Å². The molecule has 0 aliphatic heterocycles. The normalized spacial score (nSPS) is 19.9. The molecule has 0 spiro atoms. The predicted octanol–water partition coefficient (Wildman–Crippen LogP) is 3.73. The molecule has 0 radical (unpaired) electrons. The van der Waals surface area contributed by atoms with Crippen molar-refractivity contribution in [1.82, 2.24) is 10.2 Å². The monoisotopic (exact) mass is 282 g/mol. The van der Waals surface area contributed by atoms with Crippen molar-refractivity contribution in [2.45, 2.75) is 83.6 Å². The highest BCUT2D eigenvalue weighted by atomic mass is 16.2. The molecule has 0 saturated heterocycles. The summed E-state index contributed by atoms with van der Waals surface area (Å²) in [6.45, 7) is 3.33. The second kappa shape index (κ2) is 11.1. The van der Waals surface area contributed by atoms with Gasteiger partial charge < -0.3 is 10.2 Å². The molecule has 0 aromatic rings. The standard InChI is InChI=1S/C17H34N2O/c1-3-19(2)17(20)15-18-16-13-11-9-7-5-4-6-8-10-12-14-16/h16,18H,3-15H2,1-2H3. The first-order valence-corrected chi connectivity index (χ1v) is 8.71. The van der Waals surface area contributed by atoms with Crippen LogP contribution < -0.4 is 5.32 Å². The first-order valence-electron chi connectivity index (χ1n) is 8.71. The number of amides is 1. The molecule has 1 rings (SSSR count). The van der Waals surface area contributed by atoms with Gasteiger partial charge in [0.1, 0.15) is 0 Å². The Labute approximate surface area is 125 Å². The van der Waals surface area contributed by atoms with Crippen LogP contribution in [-0.4, -0.2) is 37.0 Å². The SMILES string of the molecule is CCN(C)C(=O)CNC1CCCCCCCCCCC1. The fourth-order valence-corrected chi connectivity index (χ4v) is 2.91. The highest BCUT2D eigenvalue weighted by Crippen LogP contribution is 2.16. The lowest BCUT2D eigenvalue weighted by molar-refractivity contribution is -0.128. The molecule has 0 heterocycles. The van der Waals surface area contributed by atoms with Crippen LogP contribution in [0.3, 0.4) is 0 Å². The average Bonchev–Trinajstić information content (AvgIpc) is 2.45. The van der Waals surface area contributed by atoms with Crippen molar-refractivity contribution in [1.29, 1.82) is 0 Å². The zero-order valence-electron chi connectivity index (χ0n) is 13.6. The first-order chi connectivity index (χ1) is 9.74. The van der Waals surface area contributed by atoms with Crippen LogP contribution in [0.1, 0.15) is 77.6 Å². The molecule has 1 saturated carbocycles. The van der Waals surface area contributed by atoms with E-state index in [2.05, 4.69) is 5.32 Å². The zero-order chi connectivity index (χ0) is 14.6. The van der Waals surface area contributed by atoms with Gasteiger partial charge >= 0.3 is 0 Å². The molecule has 0 bridgehead atoms. The number of carbonyl (C=O) groups excluding carboxylic acids is 1. The number of likely N-dealkylation sites (N-methyl/N-ethyl adjacent to an activating group) is 1. The van der Waals surface area contributed by atoms with Gasteiger partial charge in [-0.2, -0.15) is 0 Å². The summed E-state index contributed by atoms with van der Waals surface area (Å²) in [4.78, 5) is 13.7. The van der Waals surface area contributed by atoms with Crippen LogP contribution in [0.15, 0.2) is 0 Å².